The van der Waals surface area contributed by atoms with Gasteiger partial charge in [-0.3, -0.25) is 4.79 Å². The Hall–Kier alpha value is -1.78. The van der Waals surface area contributed by atoms with Crippen LogP contribution in [0, 0.1) is 0 Å². The van der Waals surface area contributed by atoms with Gasteiger partial charge in [-0.1, -0.05) is 41.6 Å². The lowest BCUT2D eigenvalue weighted by atomic mass is 10.2. The molecule has 0 fully saturated rings. The molecule has 0 amide bonds. The molecule has 2 aromatic rings. The van der Waals surface area contributed by atoms with E-state index in [4.69, 9.17) is 16.3 Å². The number of hydrogen-bond donors (Lipinski definition) is 0. The van der Waals surface area contributed by atoms with Crippen molar-refractivity contribution in [2.45, 2.75) is 9.79 Å². The van der Waals surface area contributed by atoms with E-state index in [9.17, 15) is 9.59 Å². The number of carbonyl (C=O) groups excluding carboxylic acids is 2. The Bertz CT molecular complexity index is 655. The van der Waals surface area contributed by atoms with Crippen LogP contribution in [-0.4, -0.2) is 19.4 Å². The average Bonchev–Trinajstić information content (AvgIpc) is 2.47. The molecule has 2 aromatic carbocycles. The number of carbonyl (C=O) groups is 2. The lowest BCUT2D eigenvalue weighted by Crippen LogP contribution is -2.02. The summed E-state index contributed by atoms with van der Waals surface area (Å²) in [6, 6.07) is 12.3. The molecule has 0 atom stereocenters. The Balaban J connectivity index is 2.43. The molecule has 0 unspecified atom stereocenters. The van der Waals surface area contributed by atoms with Gasteiger partial charge in [0.05, 0.1) is 17.7 Å². The second-order valence-corrected chi connectivity index (χ2v) is 5.35. The van der Waals surface area contributed by atoms with Crippen molar-refractivity contribution >= 4 is 35.6 Å². The van der Waals surface area contributed by atoms with Gasteiger partial charge in [0.15, 0.2) is 6.29 Å². The normalized spacial score (nSPS) is 10.1. The van der Waals surface area contributed by atoms with E-state index in [-0.39, 0.29) is 0 Å². The summed E-state index contributed by atoms with van der Waals surface area (Å²) in [7, 11) is 1.33. The number of ether oxygens (including phenoxy) is 1. The maximum atomic E-state index is 11.7. The van der Waals surface area contributed by atoms with Crippen LogP contribution in [0.15, 0.2) is 52.3 Å². The van der Waals surface area contributed by atoms with Gasteiger partial charge in [0.1, 0.15) is 0 Å². The minimum atomic E-state index is -0.414. The van der Waals surface area contributed by atoms with E-state index in [1.54, 1.807) is 36.4 Å². The molecule has 102 valence electrons. The highest BCUT2D eigenvalue weighted by molar-refractivity contribution is 7.99. The quantitative estimate of drug-likeness (QED) is 0.630. The van der Waals surface area contributed by atoms with Gasteiger partial charge in [-0.2, -0.15) is 0 Å². The van der Waals surface area contributed by atoms with Crippen molar-refractivity contribution < 1.29 is 14.3 Å². The summed E-state index contributed by atoms with van der Waals surface area (Å²) in [5.74, 6) is -0.414. The first-order valence-corrected chi connectivity index (χ1v) is 6.95. The minimum Gasteiger partial charge on any atom is -0.465 e. The van der Waals surface area contributed by atoms with Crippen molar-refractivity contribution in [3.05, 3.63) is 58.6 Å². The van der Waals surface area contributed by atoms with Crippen LogP contribution in [-0.2, 0) is 4.74 Å². The van der Waals surface area contributed by atoms with Crippen molar-refractivity contribution in [1.82, 2.24) is 0 Å². The van der Waals surface area contributed by atoms with E-state index in [1.165, 1.54) is 18.9 Å². The van der Waals surface area contributed by atoms with E-state index < -0.39 is 5.97 Å². The van der Waals surface area contributed by atoms with E-state index in [0.29, 0.717) is 32.2 Å². The fraction of sp³-hybridized carbons (Fsp3) is 0.0667. The molecule has 0 aliphatic rings. The maximum Gasteiger partial charge on any atom is 0.339 e. The van der Waals surface area contributed by atoms with Gasteiger partial charge in [-0.05, 0) is 24.3 Å². The van der Waals surface area contributed by atoms with Gasteiger partial charge < -0.3 is 4.74 Å². The number of rotatable bonds is 4. The smallest absolute Gasteiger partial charge is 0.339 e. The van der Waals surface area contributed by atoms with Crippen molar-refractivity contribution in [3.8, 4) is 0 Å². The molecule has 0 aromatic heterocycles. The molecular formula is C15H11ClO3S. The van der Waals surface area contributed by atoms with Crippen molar-refractivity contribution in [1.29, 1.82) is 0 Å². The number of methoxy groups -OCH3 is 1. The van der Waals surface area contributed by atoms with E-state index >= 15 is 0 Å². The molecule has 0 N–H and O–H groups in total. The highest BCUT2D eigenvalue weighted by atomic mass is 35.5. The van der Waals surface area contributed by atoms with Crippen LogP contribution >= 0.6 is 23.4 Å². The predicted octanol–water partition coefficient (Wildman–Crippen LogP) is 4.09. The Morgan fingerprint density at radius 2 is 1.85 bits per heavy atom. The SMILES string of the molecule is COC(=O)c1ccccc1Sc1cccc(Cl)c1C=O. The van der Waals surface area contributed by atoms with E-state index in [0.717, 1.165) is 0 Å². The number of halogens is 1. The zero-order valence-corrected chi connectivity index (χ0v) is 12.2. The number of aldehydes is 1. The summed E-state index contributed by atoms with van der Waals surface area (Å²) < 4.78 is 4.75. The second-order valence-electron chi connectivity index (χ2n) is 3.86. The third kappa shape index (κ3) is 3.03. The fourth-order valence-electron chi connectivity index (χ4n) is 1.67. The summed E-state index contributed by atoms with van der Waals surface area (Å²) >= 11 is 7.30. The number of benzene rings is 2. The monoisotopic (exact) mass is 306 g/mol. The molecule has 0 aliphatic heterocycles. The molecule has 0 radical (unpaired) electrons. The van der Waals surface area contributed by atoms with Gasteiger partial charge in [0, 0.05) is 15.4 Å². The van der Waals surface area contributed by atoms with Gasteiger partial charge in [-0.25, -0.2) is 4.79 Å². The predicted molar refractivity (Wildman–Crippen MR) is 78.7 cm³/mol. The van der Waals surface area contributed by atoms with Crippen molar-refractivity contribution in [2.75, 3.05) is 7.11 Å². The molecule has 20 heavy (non-hydrogen) atoms. The lowest BCUT2D eigenvalue weighted by Gasteiger charge is -2.09. The summed E-state index contributed by atoms with van der Waals surface area (Å²) in [5.41, 5.74) is 0.871. The lowest BCUT2D eigenvalue weighted by molar-refractivity contribution is 0.0596. The maximum absolute atomic E-state index is 11.7. The van der Waals surface area contributed by atoms with Crippen LogP contribution in [0.3, 0.4) is 0 Å². The fourth-order valence-corrected chi connectivity index (χ4v) is 3.01. The highest BCUT2D eigenvalue weighted by Crippen LogP contribution is 2.34. The molecular weight excluding hydrogens is 296 g/mol. The van der Waals surface area contributed by atoms with Gasteiger partial charge in [0.2, 0.25) is 0 Å². The standard InChI is InChI=1S/C15H11ClO3S/c1-19-15(18)10-5-2-3-7-13(10)20-14-8-4-6-12(16)11(14)9-17/h2-9H,1H3. The number of hydrogen-bond acceptors (Lipinski definition) is 4. The molecule has 0 saturated carbocycles. The zero-order valence-electron chi connectivity index (χ0n) is 10.6. The Kier molecular flexibility index (Phi) is 4.82. The van der Waals surface area contributed by atoms with Crippen LogP contribution in [0.25, 0.3) is 0 Å². The van der Waals surface area contributed by atoms with Crippen molar-refractivity contribution in [2.24, 2.45) is 0 Å². The van der Waals surface area contributed by atoms with Gasteiger partial charge in [0.25, 0.3) is 0 Å². The first-order chi connectivity index (χ1) is 9.67. The molecule has 0 bridgehead atoms. The van der Waals surface area contributed by atoms with Crippen LogP contribution < -0.4 is 0 Å². The second kappa shape index (κ2) is 6.59. The summed E-state index contributed by atoms with van der Waals surface area (Å²) in [4.78, 5) is 24.2. The third-order valence-corrected chi connectivity index (χ3v) is 4.12. The molecule has 3 nitrogen and oxygen atoms in total. The zero-order chi connectivity index (χ0) is 14.5. The topological polar surface area (TPSA) is 43.4 Å². The molecule has 5 heteroatoms. The Labute approximate surface area is 125 Å². The average molecular weight is 307 g/mol. The largest absolute Gasteiger partial charge is 0.465 e. The summed E-state index contributed by atoms with van der Waals surface area (Å²) in [6.45, 7) is 0. The first kappa shape index (κ1) is 14.6. The van der Waals surface area contributed by atoms with Gasteiger partial charge in [-0.15, -0.1) is 0 Å². The first-order valence-electron chi connectivity index (χ1n) is 5.76. The van der Waals surface area contributed by atoms with Crippen LogP contribution in [0.2, 0.25) is 5.02 Å². The third-order valence-electron chi connectivity index (χ3n) is 2.64. The van der Waals surface area contributed by atoms with E-state index in [2.05, 4.69) is 0 Å². The molecule has 0 aliphatic carbocycles. The summed E-state index contributed by atoms with van der Waals surface area (Å²) in [5, 5.41) is 0.389. The van der Waals surface area contributed by atoms with Crippen LogP contribution in [0.1, 0.15) is 20.7 Å². The van der Waals surface area contributed by atoms with E-state index in [1.807, 2.05) is 6.07 Å². The molecule has 2 rings (SSSR count). The minimum absolute atomic E-state index is 0.389. The van der Waals surface area contributed by atoms with Crippen molar-refractivity contribution in [3.63, 3.8) is 0 Å². The van der Waals surface area contributed by atoms with Crippen LogP contribution in [0.4, 0.5) is 0 Å². The highest BCUT2D eigenvalue weighted by Gasteiger charge is 2.14. The van der Waals surface area contributed by atoms with Crippen LogP contribution in [0.5, 0.6) is 0 Å². The van der Waals surface area contributed by atoms with Gasteiger partial charge >= 0.3 is 5.97 Å². The molecule has 0 heterocycles. The molecule has 0 spiro atoms. The summed E-state index contributed by atoms with van der Waals surface area (Å²) in [6.07, 6.45) is 0.714. The Morgan fingerprint density at radius 1 is 1.15 bits per heavy atom. The molecule has 0 saturated heterocycles. The Morgan fingerprint density at radius 3 is 2.55 bits per heavy atom. The number of esters is 1.